The molecule has 170 valence electrons. The number of nitrogens with one attached hydrogen (secondary N) is 1. The van der Waals surface area contributed by atoms with E-state index in [0.717, 1.165) is 10.6 Å². The van der Waals surface area contributed by atoms with Crippen molar-refractivity contribution in [3.63, 3.8) is 0 Å². The Morgan fingerprint density at radius 3 is 2.25 bits per heavy atom. The SMILES string of the molecule is CC[C@H](C(=O)Nc1c(C)n(C)n(-c2ccccc2)c1=O)N(c1ccc(Cl)cc1)S(C)(=O)=O. The minimum absolute atomic E-state index is 0.101. The molecule has 0 spiro atoms. The molecule has 1 N–H and O–H groups in total. The summed E-state index contributed by atoms with van der Waals surface area (Å²) < 4.78 is 29.3. The number of amides is 1. The van der Waals surface area contributed by atoms with Gasteiger partial charge >= 0.3 is 0 Å². The number of nitrogens with zero attached hydrogens (tertiary/aromatic N) is 3. The number of benzene rings is 2. The number of hydrogen-bond acceptors (Lipinski definition) is 4. The minimum atomic E-state index is -3.80. The van der Waals surface area contributed by atoms with Crippen molar-refractivity contribution in [3.8, 4) is 5.69 Å². The number of carbonyl (C=O) groups is 1. The zero-order valence-corrected chi connectivity index (χ0v) is 19.8. The molecule has 3 rings (SSSR count). The van der Waals surface area contributed by atoms with Crippen LogP contribution in [0.1, 0.15) is 19.0 Å². The maximum atomic E-state index is 13.2. The first-order chi connectivity index (χ1) is 15.1. The van der Waals surface area contributed by atoms with Crippen molar-refractivity contribution in [2.75, 3.05) is 15.9 Å². The van der Waals surface area contributed by atoms with E-state index in [0.29, 0.717) is 22.1 Å². The van der Waals surface area contributed by atoms with Crippen LogP contribution in [0.2, 0.25) is 5.02 Å². The smallest absolute Gasteiger partial charge is 0.295 e. The Labute approximate surface area is 192 Å². The average Bonchev–Trinajstić information content (AvgIpc) is 2.95. The quantitative estimate of drug-likeness (QED) is 0.566. The van der Waals surface area contributed by atoms with Crippen molar-refractivity contribution in [3.05, 3.63) is 75.7 Å². The molecule has 32 heavy (non-hydrogen) atoms. The Morgan fingerprint density at radius 1 is 1.12 bits per heavy atom. The molecule has 8 nitrogen and oxygen atoms in total. The van der Waals surface area contributed by atoms with Gasteiger partial charge in [0.05, 0.1) is 23.3 Å². The van der Waals surface area contributed by atoms with Crippen LogP contribution in [-0.4, -0.2) is 36.0 Å². The first-order valence-corrected chi connectivity index (χ1v) is 12.2. The van der Waals surface area contributed by atoms with E-state index in [1.54, 1.807) is 49.8 Å². The van der Waals surface area contributed by atoms with Gasteiger partial charge in [0.2, 0.25) is 15.9 Å². The van der Waals surface area contributed by atoms with Gasteiger partial charge in [0, 0.05) is 12.1 Å². The number of carbonyl (C=O) groups excluding carboxylic acids is 1. The largest absolute Gasteiger partial charge is 0.318 e. The van der Waals surface area contributed by atoms with Crippen molar-refractivity contribution in [1.82, 2.24) is 9.36 Å². The third-order valence-electron chi connectivity index (χ3n) is 5.21. The summed E-state index contributed by atoms with van der Waals surface area (Å²) in [7, 11) is -2.09. The Hall–Kier alpha value is -3.04. The molecule has 1 amide bonds. The monoisotopic (exact) mass is 476 g/mol. The summed E-state index contributed by atoms with van der Waals surface area (Å²) in [5.41, 5.74) is 1.19. The molecule has 0 saturated carbocycles. The van der Waals surface area contributed by atoms with Crippen LogP contribution in [0.3, 0.4) is 0 Å². The second-order valence-corrected chi connectivity index (χ2v) is 9.68. The van der Waals surface area contributed by atoms with Gasteiger partial charge in [-0.3, -0.25) is 18.6 Å². The summed E-state index contributed by atoms with van der Waals surface area (Å²) in [4.78, 5) is 26.3. The van der Waals surface area contributed by atoms with Crippen molar-refractivity contribution in [2.24, 2.45) is 7.05 Å². The molecular formula is C22H25ClN4O4S. The zero-order chi connectivity index (χ0) is 23.6. The van der Waals surface area contributed by atoms with Gasteiger partial charge in [0.15, 0.2) is 0 Å². The van der Waals surface area contributed by atoms with Crippen LogP contribution in [0.15, 0.2) is 59.4 Å². The van der Waals surface area contributed by atoms with Crippen LogP contribution in [0.4, 0.5) is 11.4 Å². The van der Waals surface area contributed by atoms with Gasteiger partial charge in [0.25, 0.3) is 5.56 Å². The summed E-state index contributed by atoms with van der Waals surface area (Å²) in [6.45, 7) is 3.42. The number of rotatable bonds is 7. The standard InChI is InChI=1S/C22H25ClN4O4S/c1-5-19(27(32(4,30)31)18-13-11-16(23)12-14-18)21(28)24-20-15(2)25(3)26(22(20)29)17-9-7-6-8-10-17/h6-14,19H,5H2,1-4H3,(H,24,28)/t19-/m1/s1. The average molecular weight is 477 g/mol. The first-order valence-electron chi connectivity index (χ1n) is 9.96. The number of sulfonamides is 1. The highest BCUT2D eigenvalue weighted by atomic mass is 35.5. The lowest BCUT2D eigenvalue weighted by Gasteiger charge is -2.30. The van der Waals surface area contributed by atoms with E-state index in [4.69, 9.17) is 11.6 Å². The van der Waals surface area contributed by atoms with E-state index in [1.807, 2.05) is 18.2 Å². The third-order valence-corrected chi connectivity index (χ3v) is 6.65. The lowest BCUT2D eigenvalue weighted by Crippen LogP contribution is -2.47. The van der Waals surface area contributed by atoms with Crippen LogP contribution in [0, 0.1) is 6.92 Å². The van der Waals surface area contributed by atoms with Gasteiger partial charge in [0.1, 0.15) is 11.7 Å². The molecule has 0 bridgehead atoms. The van der Waals surface area contributed by atoms with E-state index in [-0.39, 0.29) is 12.1 Å². The van der Waals surface area contributed by atoms with Crippen LogP contribution in [-0.2, 0) is 21.9 Å². The normalized spacial score (nSPS) is 12.4. The van der Waals surface area contributed by atoms with Gasteiger partial charge in [-0.1, -0.05) is 36.7 Å². The number of aromatic nitrogens is 2. The molecule has 1 aromatic heterocycles. The summed E-state index contributed by atoms with van der Waals surface area (Å²) >= 11 is 5.93. The molecule has 3 aromatic rings. The molecule has 0 aliphatic heterocycles. The van der Waals surface area contributed by atoms with Crippen LogP contribution >= 0.6 is 11.6 Å². The van der Waals surface area contributed by atoms with Crippen LogP contribution < -0.4 is 15.2 Å². The third kappa shape index (κ3) is 4.58. The fourth-order valence-electron chi connectivity index (χ4n) is 3.57. The summed E-state index contributed by atoms with van der Waals surface area (Å²) in [6.07, 6.45) is 1.23. The maximum Gasteiger partial charge on any atom is 0.295 e. The number of para-hydroxylation sites is 1. The fraction of sp³-hybridized carbons (Fsp3) is 0.273. The Kier molecular flexibility index (Phi) is 6.80. The molecule has 0 saturated heterocycles. The first kappa shape index (κ1) is 23.6. The highest BCUT2D eigenvalue weighted by Crippen LogP contribution is 2.25. The molecule has 0 radical (unpaired) electrons. The van der Waals surface area contributed by atoms with Gasteiger partial charge in [-0.25, -0.2) is 13.1 Å². The van der Waals surface area contributed by atoms with E-state index in [2.05, 4.69) is 5.32 Å². The number of halogens is 1. The van der Waals surface area contributed by atoms with E-state index in [1.165, 1.54) is 16.8 Å². The zero-order valence-electron chi connectivity index (χ0n) is 18.2. The topological polar surface area (TPSA) is 93.4 Å². The highest BCUT2D eigenvalue weighted by Gasteiger charge is 2.32. The van der Waals surface area contributed by atoms with E-state index < -0.39 is 27.5 Å². The molecule has 2 aromatic carbocycles. The summed E-state index contributed by atoms with van der Waals surface area (Å²) in [5, 5.41) is 3.11. The molecule has 0 aliphatic rings. The highest BCUT2D eigenvalue weighted by molar-refractivity contribution is 7.92. The Balaban J connectivity index is 2.01. The van der Waals surface area contributed by atoms with Crippen molar-refractivity contribution in [1.29, 1.82) is 0 Å². The molecular weight excluding hydrogens is 452 g/mol. The molecule has 0 unspecified atom stereocenters. The van der Waals surface area contributed by atoms with Crippen molar-refractivity contribution in [2.45, 2.75) is 26.3 Å². The second-order valence-electron chi connectivity index (χ2n) is 7.39. The predicted octanol–water partition coefficient (Wildman–Crippen LogP) is 3.32. The molecule has 0 fully saturated rings. The predicted molar refractivity (Wildman–Crippen MR) is 127 cm³/mol. The van der Waals surface area contributed by atoms with Gasteiger partial charge in [-0.15, -0.1) is 0 Å². The van der Waals surface area contributed by atoms with Crippen molar-refractivity contribution >= 4 is 38.9 Å². The molecule has 0 aliphatic carbocycles. The minimum Gasteiger partial charge on any atom is -0.318 e. The van der Waals surface area contributed by atoms with Crippen molar-refractivity contribution < 1.29 is 13.2 Å². The molecule has 10 heteroatoms. The van der Waals surface area contributed by atoms with Crippen LogP contribution in [0.25, 0.3) is 5.69 Å². The number of anilines is 2. The molecule has 1 atom stereocenters. The van der Waals surface area contributed by atoms with E-state index >= 15 is 0 Å². The van der Waals surface area contributed by atoms with Gasteiger partial charge in [-0.05, 0) is 49.7 Å². The summed E-state index contributed by atoms with van der Waals surface area (Å²) in [5.74, 6) is -0.598. The lowest BCUT2D eigenvalue weighted by atomic mass is 10.2. The lowest BCUT2D eigenvalue weighted by molar-refractivity contribution is -0.117. The number of hydrogen-bond donors (Lipinski definition) is 1. The summed E-state index contributed by atoms with van der Waals surface area (Å²) in [6, 6.07) is 14.2. The molecule has 1 heterocycles. The Bertz CT molecular complexity index is 1280. The maximum absolute atomic E-state index is 13.2. The fourth-order valence-corrected chi connectivity index (χ4v) is 4.90. The van der Waals surface area contributed by atoms with Gasteiger partial charge in [-0.2, -0.15) is 0 Å². The van der Waals surface area contributed by atoms with Crippen LogP contribution in [0.5, 0.6) is 0 Å². The van der Waals surface area contributed by atoms with Gasteiger partial charge < -0.3 is 5.32 Å². The van der Waals surface area contributed by atoms with E-state index in [9.17, 15) is 18.0 Å². The Morgan fingerprint density at radius 2 is 1.72 bits per heavy atom. The second kappa shape index (κ2) is 9.22.